The van der Waals surface area contributed by atoms with Gasteiger partial charge in [0.05, 0.1) is 6.54 Å². The van der Waals surface area contributed by atoms with E-state index in [9.17, 15) is 9.18 Å². The topological polar surface area (TPSA) is 54.0 Å². The number of aromatic nitrogens is 1. The molecule has 2 N–H and O–H groups in total. The molecule has 1 aromatic carbocycles. The van der Waals surface area contributed by atoms with E-state index < -0.39 is 0 Å². The first kappa shape index (κ1) is 14.1. The minimum Gasteiger partial charge on any atom is -0.351 e. The summed E-state index contributed by atoms with van der Waals surface area (Å²) in [6.45, 7) is 1.21. The van der Waals surface area contributed by atoms with Crippen LogP contribution in [0.25, 0.3) is 0 Å². The monoisotopic (exact) mass is 273 g/mol. The van der Waals surface area contributed by atoms with Crippen LogP contribution in [0.4, 0.5) is 4.39 Å². The number of hydrogen-bond donors (Lipinski definition) is 2. The lowest BCUT2D eigenvalue weighted by Gasteiger charge is -2.07. The SMILES string of the molecule is O=C(CNCc1ccc(F)cc1)NCc1cccnc1. The van der Waals surface area contributed by atoms with E-state index in [1.165, 1.54) is 12.1 Å². The lowest BCUT2D eigenvalue weighted by atomic mass is 10.2. The predicted molar refractivity (Wildman–Crippen MR) is 74.2 cm³/mol. The molecule has 0 saturated heterocycles. The summed E-state index contributed by atoms with van der Waals surface area (Å²) in [5, 5.41) is 5.80. The average Bonchev–Trinajstić information content (AvgIpc) is 2.48. The molecule has 20 heavy (non-hydrogen) atoms. The van der Waals surface area contributed by atoms with Gasteiger partial charge in [-0.3, -0.25) is 9.78 Å². The van der Waals surface area contributed by atoms with Crippen LogP contribution in [0.3, 0.4) is 0 Å². The van der Waals surface area contributed by atoms with Gasteiger partial charge >= 0.3 is 0 Å². The highest BCUT2D eigenvalue weighted by Gasteiger charge is 2.01. The fourth-order valence-corrected chi connectivity index (χ4v) is 1.69. The van der Waals surface area contributed by atoms with Crippen LogP contribution in [0.5, 0.6) is 0 Å². The van der Waals surface area contributed by atoms with Crippen LogP contribution in [0.1, 0.15) is 11.1 Å². The molecule has 5 heteroatoms. The molecule has 0 aliphatic heterocycles. The van der Waals surface area contributed by atoms with E-state index in [1.807, 2.05) is 12.1 Å². The Morgan fingerprint density at radius 1 is 1.10 bits per heavy atom. The number of nitrogens with one attached hydrogen (secondary N) is 2. The maximum Gasteiger partial charge on any atom is 0.234 e. The molecule has 0 aliphatic rings. The van der Waals surface area contributed by atoms with E-state index in [0.717, 1.165) is 11.1 Å². The van der Waals surface area contributed by atoms with Crippen molar-refractivity contribution in [3.05, 3.63) is 65.7 Å². The summed E-state index contributed by atoms with van der Waals surface area (Å²) in [5.41, 5.74) is 1.89. The lowest BCUT2D eigenvalue weighted by molar-refractivity contribution is -0.120. The third-order valence-corrected chi connectivity index (χ3v) is 2.74. The maximum absolute atomic E-state index is 12.7. The van der Waals surface area contributed by atoms with Crippen molar-refractivity contribution >= 4 is 5.91 Å². The van der Waals surface area contributed by atoms with Gasteiger partial charge in [-0.2, -0.15) is 0 Å². The highest BCUT2D eigenvalue weighted by atomic mass is 19.1. The van der Waals surface area contributed by atoms with E-state index in [1.54, 1.807) is 24.5 Å². The number of carbonyl (C=O) groups excluding carboxylic acids is 1. The van der Waals surface area contributed by atoms with Gasteiger partial charge < -0.3 is 10.6 Å². The van der Waals surface area contributed by atoms with Gasteiger partial charge in [0.25, 0.3) is 0 Å². The minimum atomic E-state index is -0.261. The van der Waals surface area contributed by atoms with Gasteiger partial charge in [-0.15, -0.1) is 0 Å². The molecule has 2 aromatic rings. The van der Waals surface area contributed by atoms with E-state index in [-0.39, 0.29) is 18.3 Å². The van der Waals surface area contributed by atoms with Crippen LogP contribution >= 0.6 is 0 Å². The second kappa shape index (κ2) is 7.35. The molecule has 0 bridgehead atoms. The largest absolute Gasteiger partial charge is 0.351 e. The Morgan fingerprint density at radius 2 is 1.90 bits per heavy atom. The Kier molecular flexibility index (Phi) is 5.20. The zero-order valence-corrected chi connectivity index (χ0v) is 11.0. The minimum absolute atomic E-state index is 0.0871. The molecular weight excluding hydrogens is 257 g/mol. The average molecular weight is 273 g/mol. The second-order valence-corrected chi connectivity index (χ2v) is 4.37. The molecule has 4 nitrogen and oxygen atoms in total. The van der Waals surface area contributed by atoms with Gasteiger partial charge in [0.15, 0.2) is 0 Å². The van der Waals surface area contributed by atoms with E-state index in [0.29, 0.717) is 13.1 Å². The van der Waals surface area contributed by atoms with Gasteiger partial charge in [0, 0.05) is 25.5 Å². The molecule has 0 fully saturated rings. The number of amides is 1. The van der Waals surface area contributed by atoms with E-state index >= 15 is 0 Å². The van der Waals surface area contributed by atoms with Gasteiger partial charge in [-0.25, -0.2) is 4.39 Å². The number of rotatable bonds is 6. The smallest absolute Gasteiger partial charge is 0.234 e. The van der Waals surface area contributed by atoms with Crippen molar-refractivity contribution in [2.24, 2.45) is 0 Å². The molecule has 1 aromatic heterocycles. The molecule has 2 rings (SSSR count). The normalized spacial score (nSPS) is 10.2. The predicted octanol–water partition coefficient (Wildman–Crippen LogP) is 1.63. The van der Waals surface area contributed by atoms with Gasteiger partial charge in [0.2, 0.25) is 5.91 Å². The summed E-state index contributed by atoms with van der Waals surface area (Å²) in [7, 11) is 0. The fraction of sp³-hybridized carbons (Fsp3) is 0.200. The number of nitrogens with zero attached hydrogens (tertiary/aromatic N) is 1. The van der Waals surface area contributed by atoms with Crippen molar-refractivity contribution in [1.82, 2.24) is 15.6 Å². The lowest BCUT2D eigenvalue weighted by Crippen LogP contribution is -2.33. The highest BCUT2D eigenvalue weighted by Crippen LogP contribution is 2.01. The molecule has 1 heterocycles. The van der Waals surface area contributed by atoms with Crippen molar-refractivity contribution in [2.75, 3.05) is 6.54 Å². The maximum atomic E-state index is 12.7. The number of pyridine rings is 1. The summed E-state index contributed by atoms with van der Waals surface area (Å²) in [5.74, 6) is -0.348. The van der Waals surface area contributed by atoms with Crippen molar-refractivity contribution in [1.29, 1.82) is 0 Å². The highest BCUT2D eigenvalue weighted by molar-refractivity contribution is 5.77. The standard InChI is InChI=1S/C15H16FN3O/c16-14-5-3-12(4-6-14)8-18-11-15(20)19-10-13-2-1-7-17-9-13/h1-7,9,18H,8,10-11H2,(H,19,20). The van der Waals surface area contributed by atoms with Crippen LogP contribution in [0, 0.1) is 5.82 Å². The van der Waals surface area contributed by atoms with Crippen molar-refractivity contribution in [2.45, 2.75) is 13.1 Å². The molecular formula is C15H16FN3O. The number of halogens is 1. The Bertz CT molecular complexity index is 543. The molecule has 0 aliphatic carbocycles. The van der Waals surface area contributed by atoms with Crippen molar-refractivity contribution in [3.63, 3.8) is 0 Å². The van der Waals surface area contributed by atoms with Gasteiger partial charge in [-0.1, -0.05) is 18.2 Å². The van der Waals surface area contributed by atoms with Crippen molar-refractivity contribution < 1.29 is 9.18 Å². The van der Waals surface area contributed by atoms with Crippen LogP contribution in [0.2, 0.25) is 0 Å². The Balaban J connectivity index is 1.66. The molecule has 0 unspecified atom stereocenters. The first-order valence-electron chi connectivity index (χ1n) is 6.35. The van der Waals surface area contributed by atoms with Crippen LogP contribution in [-0.4, -0.2) is 17.4 Å². The van der Waals surface area contributed by atoms with Crippen LogP contribution in [-0.2, 0) is 17.9 Å². The van der Waals surface area contributed by atoms with Crippen LogP contribution in [0.15, 0.2) is 48.8 Å². The molecule has 0 spiro atoms. The van der Waals surface area contributed by atoms with Crippen molar-refractivity contribution in [3.8, 4) is 0 Å². The Morgan fingerprint density at radius 3 is 2.60 bits per heavy atom. The number of hydrogen-bond acceptors (Lipinski definition) is 3. The number of carbonyl (C=O) groups is 1. The van der Waals surface area contributed by atoms with Gasteiger partial charge in [0.1, 0.15) is 5.82 Å². The fourth-order valence-electron chi connectivity index (χ4n) is 1.69. The van der Waals surface area contributed by atoms with Gasteiger partial charge in [-0.05, 0) is 29.3 Å². The number of benzene rings is 1. The molecule has 104 valence electrons. The molecule has 0 saturated carbocycles. The third-order valence-electron chi connectivity index (χ3n) is 2.74. The van der Waals surface area contributed by atoms with E-state index in [4.69, 9.17) is 0 Å². The Hall–Kier alpha value is -2.27. The van der Waals surface area contributed by atoms with E-state index in [2.05, 4.69) is 15.6 Å². The zero-order chi connectivity index (χ0) is 14.2. The molecule has 0 radical (unpaired) electrons. The van der Waals surface area contributed by atoms with Crippen LogP contribution < -0.4 is 10.6 Å². The summed E-state index contributed by atoms with van der Waals surface area (Å²) in [6.07, 6.45) is 3.40. The summed E-state index contributed by atoms with van der Waals surface area (Å²) in [4.78, 5) is 15.6. The first-order chi connectivity index (χ1) is 9.74. The summed E-state index contributed by atoms with van der Waals surface area (Å²) < 4.78 is 12.7. The zero-order valence-electron chi connectivity index (χ0n) is 11.0. The molecule has 1 amide bonds. The summed E-state index contributed by atoms with van der Waals surface area (Å²) >= 11 is 0. The first-order valence-corrected chi connectivity index (χ1v) is 6.35. The quantitative estimate of drug-likeness (QED) is 0.841. The molecule has 0 atom stereocenters. The second-order valence-electron chi connectivity index (χ2n) is 4.37. The Labute approximate surface area is 117 Å². The third kappa shape index (κ3) is 4.78. The summed E-state index contributed by atoms with van der Waals surface area (Å²) in [6, 6.07) is 9.91.